The van der Waals surface area contributed by atoms with Crippen molar-refractivity contribution in [2.75, 3.05) is 44.8 Å². The van der Waals surface area contributed by atoms with E-state index in [-0.39, 0.29) is 31.6 Å². The van der Waals surface area contributed by atoms with E-state index in [1.54, 1.807) is 12.1 Å². The molecule has 2 rings (SSSR count). The number of ether oxygens (including phenoxy) is 1. The summed E-state index contributed by atoms with van der Waals surface area (Å²) in [7, 11) is 0. The molecule has 268 valence electrons. The molecule has 4 unspecified atom stereocenters. The number of nitrogens with one attached hydrogen (secondary N) is 5. The molecule has 0 aliphatic carbocycles. The van der Waals surface area contributed by atoms with Crippen molar-refractivity contribution in [1.29, 1.82) is 0 Å². The summed E-state index contributed by atoms with van der Waals surface area (Å²) in [5.74, 6) is -3.40. The van der Waals surface area contributed by atoms with Crippen LogP contribution < -0.4 is 38.1 Å². The van der Waals surface area contributed by atoms with Crippen molar-refractivity contribution >= 4 is 41.3 Å². The highest BCUT2D eigenvalue weighted by Crippen LogP contribution is 2.12. The second-order valence-electron chi connectivity index (χ2n) is 12.2. The van der Waals surface area contributed by atoms with Crippen LogP contribution in [0, 0.1) is 12.8 Å². The third-order valence-corrected chi connectivity index (χ3v) is 7.65. The number of amides is 7. The third-order valence-electron chi connectivity index (χ3n) is 7.65. The fourth-order valence-electron chi connectivity index (χ4n) is 4.90. The van der Waals surface area contributed by atoms with Gasteiger partial charge in [0.15, 0.2) is 0 Å². The smallest absolute Gasteiger partial charge is 0.318 e. The van der Waals surface area contributed by atoms with Crippen molar-refractivity contribution in [3.63, 3.8) is 0 Å². The lowest BCUT2D eigenvalue weighted by Crippen LogP contribution is -2.59. The second-order valence-corrected chi connectivity index (χ2v) is 12.2. The molecule has 0 bridgehead atoms. The summed E-state index contributed by atoms with van der Waals surface area (Å²) in [6.07, 6.45) is 1.14. The van der Waals surface area contributed by atoms with Crippen LogP contribution in [0.5, 0.6) is 0 Å². The number of rotatable bonds is 19. The van der Waals surface area contributed by atoms with Gasteiger partial charge in [0, 0.05) is 25.2 Å². The molecule has 1 aliphatic heterocycles. The maximum atomic E-state index is 13.6. The highest BCUT2D eigenvalue weighted by molar-refractivity contribution is 5.99. The van der Waals surface area contributed by atoms with Gasteiger partial charge >= 0.3 is 6.03 Å². The Labute approximate surface area is 281 Å². The Kier molecular flexibility index (Phi) is 17.3. The normalized spacial score (nSPS) is 15.4. The minimum absolute atomic E-state index is 0.0639. The predicted molar refractivity (Wildman–Crippen MR) is 178 cm³/mol. The zero-order valence-corrected chi connectivity index (χ0v) is 28.1. The number of carbonyl (C=O) groups excluding carboxylic acids is 6. The maximum Gasteiger partial charge on any atom is 0.318 e. The van der Waals surface area contributed by atoms with Crippen molar-refractivity contribution in [1.82, 2.24) is 26.2 Å². The van der Waals surface area contributed by atoms with E-state index in [0.29, 0.717) is 51.4 Å². The van der Waals surface area contributed by atoms with Gasteiger partial charge in [0.25, 0.3) is 0 Å². The molecule has 10 N–H and O–H groups in total. The van der Waals surface area contributed by atoms with Crippen LogP contribution in [0.4, 0.5) is 10.5 Å². The Balaban J connectivity index is 2.18. The first-order valence-corrected chi connectivity index (χ1v) is 16.4. The van der Waals surface area contributed by atoms with E-state index in [9.17, 15) is 33.9 Å². The van der Waals surface area contributed by atoms with Gasteiger partial charge in [0.05, 0.1) is 19.8 Å². The summed E-state index contributed by atoms with van der Waals surface area (Å²) in [4.78, 5) is 79.2. The first-order valence-electron chi connectivity index (χ1n) is 16.4. The molecule has 1 heterocycles. The van der Waals surface area contributed by atoms with Crippen LogP contribution in [0.3, 0.4) is 0 Å². The predicted octanol–water partition coefficient (Wildman–Crippen LogP) is -0.769. The number of anilines is 1. The summed E-state index contributed by atoms with van der Waals surface area (Å²) in [6, 6.07) is 1.77. The molecule has 1 saturated heterocycles. The number of nitrogens with two attached hydrogens (primary N) is 2. The van der Waals surface area contributed by atoms with Gasteiger partial charge in [-0.1, -0.05) is 31.5 Å². The topological polar surface area (TPSA) is 247 Å². The van der Waals surface area contributed by atoms with Crippen molar-refractivity contribution in [2.24, 2.45) is 17.4 Å². The number of nitrogens with zero attached hydrogens (tertiary/aromatic N) is 1. The molecule has 0 spiro atoms. The fraction of sp³-hybridized carbons (Fsp3) is 0.625. The minimum Gasteiger partial charge on any atom is -0.394 e. The minimum atomic E-state index is -1.34. The molecular formula is C32H52N8O8. The molecule has 1 aliphatic rings. The maximum absolute atomic E-state index is 13.6. The molecule has 16 heteroatoms. The Morgan fingerprint density at radius 3 is 1.94 bits per heavy atom. The number of hydrogen-bond donors (Lipinski definition) is 8. The molecule has 4 atom stereocenters. The van der Waals surface area contributed by atoms with Crippen LogP contribution in [0.25, 0.3) is 0 Å². The number of primary amides is 1. The zero-order valence-electron chi connectivity index (χ0n) is 28.1. The van der Waals surface area contributed by atoms with Crippen molar-refractivity contribution in [3.8, 4) is 0 Å². The number of hydrogen-bond acceptors (Lipinski definition) is 9. The summed E-state index contributed by atoms with van der Waals surface area (Å²) < 4.78 is 5.24. The van der Waals surface area contributed by atoms with E-state index in [0.717, 1.165) is 5.56 Å². The Bertz CT molecular complexity index is 1220. The molecular weight excluding hydrogens is 624 g/mol. The summed E-state index contributed by atoms with van der Waals surface area (Å²) >= 11 is 0. The average Bonchev–Trinajstić information content (AvgIpc) is 3.05. The largest absolute Gasteiger partial charge is 0.394 e. The molecule has 1 aromatic rings. The zero-order chi connectivity index (χ0) is 35.6. The van der Waals surface area contributed by atoms with Crippen molar-refractivity contribution in [3.05, 3.63) is 29.8 Å². The van der Waals surface area contributed by atoms with Crippen LogP contribution in [-0.2, 0) is 28.7 Å². The van der Waals surface area contributed by atoms with E-state index in [4.69, 9.17) is 16.2 Å². The number of aliphatic hydroxyl groups excluding tert-OH is 1. The highest BCUT2D eigenvalue weighted by Gasteiger charge is 2.32. The van der Waals surface area contributed by atoms with Crippen molar-refractivity contribution in [2.45, 2.75) is 83.5 Å². The number of benzene rings is 1. The number of carbonyl (C=O) groups is 6. The van der Waals surface area contributed by atoms with Crippen LogP contribution in [0.1, 0.15) is 57.9 Å². The third kappa shape index (κ3) is 14.2. The van der Waals surface area contributed by atoms with Gasteiger partial charge in [-0.3, -0.25) is 24.0 Å². The van der Waals surface area contributed by atoms with E-state index in [1.165, 1.54) is 4.90 Å². The SMILES string of the molecule is Cc1ccc(NC(=O)C(CCC(N)=O)NC(=O)C(CC(C)C)NC(=O)C(CCCCN)NC(=O)C(CO)NC(=O)N2CCOCC2)cc1. The number of urea groups is 1. The Morgan fingerprint density at radius 2 is 1.38 bits per heavy atom. The molecule has 0 saturated carbocycles. The Hall–Kier alpha value is -4.28. The number of aliphatic hydroxyl groups is 1. The standard InChI is InChI=1S/C32H52N8O8/c1-20(2)18-25(30(45)37-24(11-12-27(34)42)28(43)35-22-9-7-21(3)8-10-22)38-29(44)23(6-4-5-13-33)36-31(46)26(19-41)39-32(47)40-14-16-48-17-15-40/h7-10,20,23-26,41H,4-6,11-19,33H2,1-3H3,(H2,34,42)(H,35,43)(H,36,46)(H,37,45)(H,38,44)(H,39,47). The van der Waals surface area contributed by atoms with Gasteiger partial charge in [-0.15, -0.1) is 0 Å². The fourth-order valence-corrected chi connectivity index (χ4v) is 4.90. The lowest BCUT2D eigenvalue weighted by molar-refractivity contribution is -0.134. The van der Waals surface area contributed by atoms with Gasteiger partial charge in [-0.05, 0) is 63.6 Å². The monoisotopic (exact) mass is 676 g/mol. The molecule has 7 amide bonds. The van der Waals surface area contributed by atoms with Gasteiger partial charge in [-0.2, -0.15) is 0 Å². The second kappa shape index (κ2) is 20.8. The van der Waals surface area contributed by atoms with Gasteiger partial charge < -0.3 is 52.8 Å². The van der Waals surface area contributed by atoms with E-state index >= 15 is 0 Å². The van der Waals surface area contributed by atoms with Gasteiger partial charge in [0.1, 0.15) is 24.2 Å². The summed E-state index contributed by atoms with van der Waals surface area (Å²) in [5, 5.41) is 23.1. The molecule has 48 heavy (non-hydrogen) atoms. The number of aryl methyl sites for hydroxylation is 1. The summed E-state index contributed by atoms with van der Waals surface area (Å²) in [5.41, 5.74) is 12.4. The Morgan fingerprint density at radius 1 is 0.812 bits per heavy atom. The molecule has 1 aromatic carbocycles. The van der Waals surface area contributed by atoms with Crippen LogP contribution in [0.15, 0.2) is 24.3 Å². The lowest BCUT2D eigenvalue weighted by atomic mass is 10.0. The van der Waals surface area contributed by atoms with E-state index < -0.39 is 66.3 Å². The molecule has 16 nitrogen and oxygen atoms in total. The molecule has 1 fully saturated rings. The average molecular weight is 677 g/mol. The molecule has 0 aromatic heterocycles. The quantitative estimate of drug-likeness (QED) is 0.0856. The number of unbranched alkanes of at least 4 members (excludes halogenated alkanes) is 1. The molecule has 0 radical (unpaired) electrons. The lowest BCUT2D eigenvalue weighted by Gasteiger charge is -2.29. The van der Waals surface area contributed by atoms with E-state index in [1.807, 2.05) is 32.9 Å². The highest BCUT2D eigenvalue weighted by atomic mass is 16.5. The summed E-state index contributed by atoms with van der Waals surface area (Å²) in [6.45, 7) is 6.59. The first-order chi connectivity index (χ1) is 22.8. The van der Waals surface area contributed by atoms with Crippen LogP contribution >= 0.6 is 0 Å². The van der Waals surface area contributed by atoms with Gasteiger partial charge in [-0.25, -0.2) is 4.79 Å². The van der Waals surface area contributed by atoms with Crippen LogP contribution in [-0.4, -0.2) is 109 Å². The van der Waals surface area contributed by atoms with Crippen LogP contribution in [0.2, 0.25) is 0 Å². The van der Waals surface area contributed by atoms with Crippen molar-refractivity contribution < 1.29 is 38.6 Å². The first kappa shape index (κ1) is 39.9. The number of morpholine rings is 1. The van der Waals surface area contributed by atoms with E-state index in [2.05, 4.69) is 26.6 Å². The van der Waals surface area contributed by atoms with Gasteiger partial charge in [0.2, 0.25) is 29.5 Å².